The Hall–Kier alpha value is -1.79. The number of hydrogen-bond acceptors (Lipinski definition) is 4. The van der Waals surface area contributed by atoms with Crippen molar-refractivity contribution in [1.82, 2.24) is 5.32 Å². The number of alkyl carbamates (subject to hydrolysis) is 1. The van der Waals surface area contributed by atoms with E-state index in [4.69, 9.17) is 14.9 Å². The maximum Gasteiger partial charge on any atom is 0.408 e. The zero-order valence-corrected chi connectivity index (χ0v) is 11.8. The molecule has 7 nitrogen and oxygen atoms in total. The summed E-state index contributed by atoms with van der Waals surface area (Å²) in [5.74, 6) is -2.44. The molecule has 110 valence electrons. The average Bonchev–Trinajstić information content (AvgIpc) is 2.12. The number of amides is 1. The molecule has 0 saturated carbocycles. The fraction of sp³-hybridized carbons (Fsp3) is 0.750. The minimum absolute atomic E-state index is 0.239. The summed E-state index contributed by atoms with van der Waals surface area (Å²) in [6.45, 7) is 7.71. The Morgan fingerprint density at radius 2 is 1.58 bits per heavy atom. The Labute approximate surface area is 111 Å². The average molecular weight is 275 g/mol. The van der Waals surface area contributed by atoms with Crippen molar-refractivity contribution in [2.45, 2.75) is 52.7 Å². The van der Waals surface area contributed by atoms with Crippen molar-refractivity contribution in [3.05, 3.63) is 0 Å². The maximum absolute atomic E-state index is 11.5. The topological polar surface area (TPSA) is 113 Å². The Bertz CT molecular complexity index is 369. The smallest absolute Gasteiger partial charge is 0.408 e. The van der Waals surface area contributed by atoms with Crippen LogP contribution in [0.25, 0.3) is 0 Å². The van der Waals surface area contributed by atoms with E-state index in [-0.39, 0.29) is 6.42 Å². The van der Waals surface area contributed by atoms with Gasteiger partial charge < -0.3 is 20.3 Å². The minimum Gasteiger partial charge on any atom is -0.481 e. The first kappa shape index (κ1) is 17.2. The fourth-order valence-electron chi connectivity index (χ4n) is 1.25. The lowest BCUT2D eigenvalue weighted by molar-refractivity contribution is -0.149. The first-order chi connectivity index (χ1) is 8.35. The van der Waals surface area contributed by atoms with Crippen molar-refractivity contribution < 1.29 is 29.3 Å². The molecule has 19 heavy (non-hydrogen) atoms. The van der Waals surface area contributed by atoms with Crippen LogP contribution in [0.4, 0.5) is 4.79 Å². The molecule has 0 aromatic carbocycles. The number of rotatable bonds is 5. The largest absolute Gasteiger partial charge is 0.481 e. The van der Waals surface area contributed by atoms with Crippen LogP contribution in [-0.2, 0) is 14.3 Å². The molecule has 1 amide bonds. The minimum atomic E-state index is -1.32. The summed E-state index contributed by atoms with van der Waals surface area (Å²) in [5.41, 5.74) is -2.02. The van der Waals surface area contributed by atoms with Crippen LogP contribution in [0.15, 0.2) is 0 Å². The lowest BCUT2D eigenvalue weighted by atomic mass is 9.86. The van der Waals surface area contributed by atoms with Crippen LogP contribution >= 0.6 is 0 Å². The molecular weight excluding hydrogens is 254 g/mol. The molecule has 0 bridgehead atoms. The summed E-state index contributed by atoms with van der Waals surface area (Å²) in [7, 11) is 0. The number of carboxylic acid groups (broad SMARTS) is 2. The summed E-state index contributed by atoms with van der Waals surface area (Å²) in [6, 6.07) is -1.32. The second kappa shape index (κ2) is 5.90. The normalized spacial score (nSPS) is 13.5. The van der Waals surface area contributed by atoms with E-state index in [2.05, 4.69) is 5.32 Å². The SMILES string of the molecule is CC(C)(C)OC(=O)N[C@@H](CC(C)(C)C(=O)O)C(=O)O. The van der Waals surface area contributed by atoms with Gasteiger partial charge in [-0.2, -0.15) is 0 Å². The summed E-state index contributed by atoms with van der Waals surface area (Å²) >= 11 is 0. The highest BCUT2D eigenvalue weighted by Crippen LogP contribution is 2.23. The number of ether oxygens (including phenoxy) is 1. The molecule has 0 radical (unpaired) electrons. The first-order valence-corrected chi connectivity index (χ1v) is 5.81. The number of hydrogen-bond donors (Lipinski definition) is 3. The van der Waals surface area contributed by atoms with Gasteiger partial charge in [-0.15, -0.1) is 0 Å². The number of aliphatic carboxylic acids is 2. The molecule has 0 rings (SSSR count). The first-order valence-electron chi connectivity index (χ1n) is 5.81. The second-order valence-corrected chi connectivity index (χ2v) is 5.93. The zero-order valence-electron chi connectivity index (χ0n) is 11.8. The van der Waals surface area contributed by atoms with E-state index in [0.717, 1.165) is 0 Å². The Kier molecular flexibility index (Phi) is 5.34. The number of carbonyl (C=O) groups excluding carboxylic acids is 1. The van der Waals surface area contributed by atoms with Crippen LogP contribution in [0.5, 0.6) is 0 Å². The van der Waals surface area contributed by atoms with Crippen molar-refractivity contribution >= 4 is 18.0 Å². The lowest BCUT2D eigenvalue weighted by Gasteiger charge is -2.26. The standard InChI is InChI=1S/C12H21NO6/c1-11(2,3)19-10(18)13-7(8(14)15)6-12(4,5)9(16)17/h7H,6H2,1-5H3,(H,13,18)(H,14,15)(H,16,17)/t7-/m0/s1. The van der Waals surface area contributed by atoms with Crippen molar-refractivity contribution in [2.24, 2.45) is 5.41 Å². The van der Waals surface area contributed by atoms with Crippen LogP contribution in [0, 0.1) is 5.41 Å². The van der Waals surface area contributed by atoms with E-state index in [0.29, 0.717) is 0 Å². The highest BCUT2D eigenvalue weighted by atomic mass is 16.6. The van der Waals surface area contributed by atoms with Crippen molar-refractivity contribution in [1.29, 1.82) is 0 Å². The van der Waals surface area contributed by atoms with Gasteiger partial charge in [0.25, 0.3) is 0 Å². The zero-order chi connectivity index (χ0) is 15.4. The van der Waals surface area contributed by atoms with E-state index >= 15 is 0 Å². The molecule has 0 aromatic heterocycles. The van der Waals surface area contributed by atoms with Gasteiger partial charge in [0.2, 0.25) is 0 Å². The van der Waals surface area contributed by atoms with Crippen LogP contribution in [0.3, 0.4) is 0 Å². The molecule has 0 aliphatic rings. The van der Waals surface area contributed by atoms with Gasteiger partial charge in [0.05, 0.1) is 5.41 Å². The summed E-state index contributed by atoms with van der Waals surface area (Å²) < 4.78 is 4.93. The highest BCUT2D eigenvalue weighted by molar-refractivity contribution is 5.81. The molecule has 0 spiro atoms. The molecule has 0 heterocycles. The lowest BCUT2D eigenvalue weighted by Crippen LogP contribution is -2.46. The highest BCUT2D eigenvalue weighted by Gasteiger charge is 2.35. The summed E-state index contributed by atoms with van der Waals surface area (Å²) in [5, 5.41) is 20.1. The molecule has 0 aliphatic carbocycles. The van der Waals surface area contributed by atoms with E-state index in [1.165, 1.54) is 13.8 Å². The summed E-state index contributed by atoms with van der Waals surface area (Å²) in [6.07, 6.45) is -1.13. The molecule has 1 atom stereocenters. The van der Waals surface area contributed by atoms with Gasteiger partial charge >= 0.3 is 18.0 Å². The fourth-order valence-corrected chi connectivity index (χ4v) is 1.25. The Balaban J connectivity index is 4.74. The Morgan fingerprint density at radius 1 is 1.11 bits per heavy atom. The van der Waals surface area contributed by atoms with Crippen molar-refractivity contribution in [3.63, 3.8) is 0 Å². The second-order valence-electron chi connectivity index (χ2n) is 5.93. The number of carbonyl (C=O) groups is 3. The van der Waals surface area contributed by atoms with Gasteiger partial charge in [0, 0.05) is 0 Å². The monoisotopic (exact) mass is 275 g/mol. The van der Waals surface area contributed by atoms with E-state index in [1.54, 1.807) is 20.8 Å². The molecule has 0 saturated heterocycles. The van der Waals surface area contributed by atoms with Gasteiger partial charge in [-0.05, 0) is 41.0 Å². The Morgan fingerprint density at radius 3 is 1.89 bits per heavy atom. The third kappa shape index (κ3) is 6.64. The summed E-state index contributed by atoms with van der Waals surface area (Å²) in [4.78, 5) is 33.5. The predicted octanol–water partition coefficient (Wildman–Crippen LogP) is 1.47. The molecule has 0 unspecified atom stereocenters. The van der Waals surface area contributed by atoms with E-state index in [1.807, 2.05) is 0 Å². The third-order valence-electron chi connectivity index (χ3n) is 2.28. The van der Waals surface area contributed by atoms with Gasteiger partial charge in [-0.3, -0.25) is 4.79 Å². The predicted molar refractivity (Wildman–Crippen MR) is 66.8 cm³/mol. The maximum atomic E-state index is 11.5. The van der Waals surface area contributed by atoms with Crippen molar-refractivity contribution in [2.75, 3.05) is 0 Å². The molecule has 0 fully saturated rings. The molecule has 0 aromatic rings. The van der Waals surface area contributed by atoms with Crippen LogP contribution in [-0.4, -0.2) is 39.9 Å². The third-order valence-corrected chi connectivity index (χ3v) is 2.28. The van der Waals surface area contributed by atoms with Crippen LogP contribution in [0.2, 0.25) is 0 Å². The molecule has 7 heteroatoms. The van der Waals surface area contributed by atoms with E-state index in [9.17, 15) is 14.4 Å². The number of carboxylic acids is 2. The van der Waals surface area contributed by atoms with Gasteiger partial charge in [-0.25, -0.2) is 9.59 Å². The van der Waals surface area contributed by atoms with Gasteiger partial charge in [0.15, 0.2) is 0 Å². The van der Waals surface area contributed by atoms with Gasteiger partial charge in [0.1, 0.15) is 11.6 Å². The molecular formula is C12H21NO6. The molecule has 0 aliphatic heterocycles. The van der Waals surface area contributed by atoms with Crippen molar-refractivity contribution in [3.8, 4) is 0 Å². The molecule has 3 N–H and O–H groups in total. The van der Waals surface area contributed by atoms with Crippen LogP contribution in [0.1, 0.15) is 41.0 Å². The quantitative estimate of drug-likeness (QED) is 0.700. The van der Waals surface area contributed by atoms with E-state index < -0.39 is 35.1 Å². The van der Waals surface area contributed by atoms with Crippen LogP contribution < -0.4 is 5.32 Å². The number of nitrogens with one attached hydrogen (secondary N) is 1. The van der Waals surface area contributed by atoms with Gasteiger partial charge in [-0.1, -0.05) is 0 Å².